The number of aryl methyl sites for hydroxylation is 2. The summed E-state index contributed by atoms with van der Waals surface area (Å²) < 4.78 is 11.3. The summed E-state index contributed by atoms with van der Waals surface area (Å²) >= 11 is 0. The van der Waals surface area contributed by atoms with Crippen molar-refractivity contribution in [3.63, 3.8) is 0 Å². The van der Waals surface area contributed by atoms with Gasteiger partial charge in [0.15, 0.2) is 17.1 Å². The molecule has 0 aliphatic heterocycles. The molecule has 0 fully saturated rings. The summed E-state index contributed by atoms with van der Waals surface area (Å²) in [7, 11) is 0. The van der Waals surface area contributed by atoms with E-state index in [2.05, 4.69) is 9.98 Å². The maximum Gasteiger partial charge on any atom is 0.231 e. The van der Waals surface area contributed by atoms with Crippen LogP contribution in [-0.4, -0.2) is 28.0 Å². The smallest absolute Gasteiger partial charge is 0.231 e. The van der Waals surface area contributed by atoms with E-state index in [1.54, 1.807) is 42.6 Å². The van der Waals surface area contributed by atoms with Gasteiger partial charge in [-0.05, 0) is 68.3 Å². The van der Waals surface area contributed by atoms with Crippen LogP contribution in [0.5, 0.6) is 17.2 Å². The van der Waals surface area contributed by atoms with E-state index < -0.39 is 0 Å². The van der Waals surface area contributed by atoms with Gasteiger partial charge in [0, 0.05) is 11.8 Å². The van der Waals surface area contributed by atoms with Crippen molar-refractivity contribution in [2.75, 3.05) is 6.61 Å². The maximum atomic E-state index is 10.4. The second-order valence-electron chi connectivity index (χ2n) is 7.04. The number of aromatic nitrogens is 1. The maximum absolute atomic E-state index is 10.4. The van der Waals surface area contributed by atoms with Gasteiger partial charge in [-0.15, -0.1) is 0 Å². The Labute approximate surface area is 174 Å². The molecule has 0 saturated heterocycles. The molecule has 0 atom stereocenters. The highest BCUT2D eigenvalue weighted by molar-refractivity contribution is 5.87. The molecule has 0 unspecified atom stereocenters. The van der Waals surface area contributed by atoms with Gasteiger partial charge in [0.1, 0.15) is 11.3 Å². The van der Waals surface area contributed by atoms with Crippen LogP contribution in [-0.2, 0) is 0 Å². The molecule has 4 rings (SSSR count). The fourth-order valence-electron chi connectivity index (χ4n) is 3.33. The lowest BCUT2D eigenvalue weighted by Gasteiger charge is -2.07. The second kappa shape index (κ2) is 7.91. The van der Waals surface area contributed by atoms with Crippen molar-refractivity contribution in [3.8, 4) is 28.7 Å². The molecule has 30 heavy (non-hydrogen) atoms. The van der Waals surface area contributed by atoms with Crippen LogP contribution in [0.25, 0.3) is 22.6 Å². The summed E-state index contributed by atoms with van der Waals surface area (Å²) in [6, 6.07) is 14.1. The Morgan fingerprint density at radius 3 is 2.73 bits per heavy atom. The van der Waals surface area contributed by atoms with Crippen LogP contribution in [0.2, 0.25) is 0 Å². The number of hydrogen-bond acceptors (Lipinski definition) is 6. The van der Waals surface area contributed by atoms with Crippen molar-refractivity contribution in [1.82, 2.24) is 4.98 Å². The molecule has 3 aromatic carbocycles. The molecule has 0 aliphatic rings. The first-order chi connectivity index (χ1) is 14.5. The molecule has 4 aromatic rings. The van der Waals surface area contributed by atoms with Crippen LogP contribution in [0.1, 0.15) is 23.6 Å². The minimum Gasteiger partial charge on any atom is -0.507 e. The summed E-state index contributed by atoms with van der Waals surface area (Å²) in [5.74, 6) is 0.822. The van der Waals surface area contributed by atoms with E-state index in [4.69, 9.17) is 9.15 Å². The van der Waals surface area contributed by atoms with Crippen molar-refractivity contribution in [2.24, 2.45) is 4.99 Å². The number of ether oxygens (including phenoxy) is 1. The number of phenols is 2. The number of para-hydroxylation sites is 1. The van der Waals surface area contributed by atoms with Crippen LogP contribution >= 0.6 is 0 Å². The van der Waals surface area contributed by atoms with E-state index in [9.17, 15) is 10.2 Å². The van der Waals surface area contributed by atoms with Crippen LogP contribution in [0.15, 0.2) is 57.9 Å². The molecule has 0 saturated carbocycles. The van der Waals surface area contributed by atoms with E-state index in [1.807, 2.05) is 32.9 Å². The molecule has 0 aliphatic carbocycles. The van der Waals surface area contributed by atoms with E-state index in [1.165, 1.54) is 0 Å². The Morgan fingerprint density at radius 1 is 1.10 bits per heavy atom. The number of aliphatic imine (C=N–C) groups is 1. The molecular formula is C24H22N2O4. The highest BCUT2D eigenvalue weighted by atomic mass is 16.5. The molecular weight excluding hydrogens is 380 g/mol. The first-order valence-electron chi connectivity index (χ1n) is 9.66. The lowest BCUT2D eigenvalue weighted by atomic mass is 10.1. The van der Waals surface area contributed by atoms with Crippen molar-refractivity contribution < 1.29 is 19.4 Å². The summed E-state index contributed by atoms with van der Waals surface area (Å²) in [4.78, 5) is 8.97. The predicted molar refractivity (Wildman–Crippen MR) is 117 cm³/mol. The van der Waals surface area contributed by atoms with Gasteiger partial charge in [-0.1, -0.05) is 12.1 Å². The lowest BCUT2D eigenvalue weighted by Crippen LogP contribution is -1.93. The number of benzene rings is 3. The quantitative estimate of drug-likeness (QED) is 0.420. The van der Waals surface area contributed by atoms with E-state index in [-0.39, 0.29) is 11.5 Å². The summed E-state index contributed by atoms with van der Waals surface area (Å²) in [6.45, 7) is 6.28. The number of fused-ring (bicyclic) bond motifs is 1. The third-order valence-corrected chi connectivity index (χ3v) is 4.71. The molecule has 1 aromatic heterocycles. The molecule has 6 nitrogen and oxygen atoms in total. The third kappa shape index (κ3) is 3.72. The predicted octanol–water partition coefficient (Wildman–Crippen LogP) is 5.67. The first-order valence-corrected chi connectivity index (χ1v) is 9.66. The number of aromatic hydroxyl groups is 2. The van der Waals surface area contributed by atoms with Crippen molar-refractivity contribution in [3.05, 3.63) is 65.2 Å². The Kier molecular flexibility index (Phi) is 5.14. The molecule has 2 N–H and O–H groups in total. The molecule has 0 bridgehead atoms. The normalized spacial score (nSPS) is 11.4. The largest absolute Gasteiger partial charge is 0.507 e. The van der Waals surface area contributed by atoms with Gasteiger partial charge in [0.25, 0.3) is 0 Å². The van der Waals surface area contributed by atoms with E-state index >= 15 is 0 Å². The van der Waals surface area contributed by atoms with Crippen molar-refractivity contribution in [1.29, 1.82) is 0 Å². The highest BCUT2D eigenvalue weighted by Crippen LogP contribution is 2.35. The van der Waals surface area contributed by atoms with E-state index in [0.717, 1.165) is 16.6 Å². The Bertz CT molecular complexity index is 1260. The zero-order valence-electron chi connectivity index (χ0n) is 17.0. The van der Waals surface area contributed by atoms with Gasteiger partial charge >= 0.3 is 0 Å². The molecule has 0 spiro atoms. The Hall–Kier alpha value is -3.80. The van der Waals surface area contributed by atoms with E-state index in [0.29, 0.717) is 40.6 Å². The van der Waals surface area contributed by atoms with Gasteiger partial charge in [0.2, 0.25) is 5.89 Å². The topological polar surface area (TPSA) is 88.1 Å². The van der Waals surface area contributed by atoms with Gasteiger partial charge in [0.05, 0.1) is 17.9 Å². The minimum absolute atomic E-state index is 0.0342. The number of hydrogen-bond donors (Lipinski definition) is 2. The molecule has 0 radical (unpaired) electrons. The van der Waals surface area contributed by atoms with Crippen LogP contribution in [0, 0.1) is 13.8 Å². The summed E-state index contributed by atoms with van der Waals surface area (Å²) in [5, 5.41) is 20.7. The molecule has 152 valence electrons. The highest BCUT2D eigenvalue weighted by Gasteiger charge is 2.15. The monoisotopic (exact) mass is 402 g/mol. The van der Waals surface area contributed by atoms with Gasteiger partial charge in [-0.25, -0.2) is 4.98 Å². The van der Waals surface area contributed by atoms with Crippen LogP contribution in [0.3, 0.4) is 0 Å². The molecule has 1 heterocycles. The van der Waals surface area contributed by atoms with Crippen LogP contribution < -0.4 is 4.74 Å². The Balaban J connectivity index is 1.70. The van der Waals surface area contributed by atoms with Gasteiger partial charge in [-0.2, -0.15) is 0 Å². The minimum atomic E-state index is 0.0342. The van der Waals surface area contributed by atoms with Crippen molar-refractivity contribution in [2.45, 2.75) is 20.8 Å². The Morgan fingerprint density at radius 2 is 1.93 bits per heavy atom. The molecule has 0 amide bonds. The number of rotatable bonds is 5. The fourth-order valence-corrected chi connectivity index (χ4v) is 3.33. The van der Waals surface area contributed by atoms with Crippen LogP contribution in [0.4, 0.5) is 5.69 Å². The number of phenolic OH excluding ortho intramolecular Hbond substituents is 2. The first kappa shape index (κ1) is 19.5. The molecule has 6 heteroatoms. The van der Waals surface area contributed by atoms with Gasteiger partial charge in [-0.3, -0.25) is 4.99 Å². The summed E-state index contributed by atoms with van der Waals surface area (Å²) in [5.41, 5.74) is 5.08. The number of nitrogens with zero attached hydrogens (tertiary/aromatic N) is 2. The zero-order valence-corrected chi connectivity index (χ0v) is 17.0. The third-order valence-electron chi connectivity index (χ3n) is 4.71. The second-order valence-corrected chi connectivity index (χ2v) is 7.04. The number of oxazole rings is 1. The SMILES string of the molecule is CCOc1cccc(C=Nc2ccc(O)c(-c3nc4cc(C)cc(C)c4o3)c2)c1O. The average molecular weight is 402 g/mol. The summed E-state index contributed by atoms with van der Waals surface area (Å²) in [6.07, 6.45) is 1.55. The fraction of sp³-hybridized carbons (Fsp3) is 0.167. The van der Waals surface area contributed by atoms with Crippen molar-refractivity contribution >= 4 is 23.0 Å². The zero-order chi connectivity index (χ0) is 21.3. The average Bonchev–Trinajstić information content (AvgIpc) is 3.14. The van der Waals surface area contributed by atoms with Gasteiger partial charge < -0.3 is 19.4 Å². The standard InChI is InChI=1S/C24H22N2O4/c1-4-29-21-7-5-6-16(22(21)28)13-25-17-8-9-20(27)18(12-17)24-26-19-11-14(2)10-15(3)23(19)30-24/h5-13,27-28H,4H2,1-3H3. The lowest BCUT2D eigenvalue weighted by molar-refractivity contribution is 0.318.